The maximum atomic E-state index is 12.8. The molecule has 198 valence electrons. The molecule has 0 spiro atoms. The van der Waals surface area contributed by atoms with Gasteiger partial charge in [0.25, 0.3) is 11.8 Å². The second-order valence-electron chi connectivity index (χ2n) is 9.44. The van der Waals surface area contributed by atoms with Crippen LogP contribution in [0, 0.1) is 11.8 Å². The Balaban J connectivity index is 1.46. The number of aromatic nitrogens is 4. The summed E-state index contributed by atoms with van der Waals surface area (Å²) in [6.07, 6.45) is 3.52. The van der Waals surface area contributed by atoms with Crippen LogP contribution >= 0.6 is 0 Å². The molecule has 4 N–H and O–H groups in total. The minimum absolute atomic E-state index is 0.00957. The van der Waals surface area contributed by atoms with E-state index in [1.165, 1.54) is 18.3 Å². The number of primary amides is 1. The van der Waals surface area contributed by atoms with Crippen molar-refractivity contribution in [2.45, 2.75) is 51.7 Å². The van der Waals surface area contributed by atoms with Crippen molar-refractivity contribution in [3.8, 4) is 11.5 Å². The molecule has 0 saturated heterocycles. The Morgan fingerprint density at radius 2 is 1.97 bits per heavy atom. The van der Waals surface area contributed by atoms with Gasteiger partial charge in [0.2, 0.25) is 5.89 Å². The van der Waals surface area contributed by atoms with Crippen LogP contribution in [-0.2, 0) is 0 Å². The van der Waals surface area contributed by atoms with E-state index in [9.17, 15) is 22.8 Å². The van der Waals surface area contributed by atoms with Gasteiger partial charge in [-0.3, -0.25) is 14.3 Å². The van der Waals surface area contributed by atoms with E-state index in [1.54, 1.807) is 10.9 Å². The van der Waals surface area contributed by atoms with Crippen molar-refractivity contribution in [2.24, 2.45) is 17.6 Å². The number of pyridine rings is 1. The molecule has 0 aromatic carbocycles. The molecular formula is C24H28F3N7O3. The van der Waals surface area contributed by atoms with Crippen LogP contribution in [0.15, 0.2) is 35.2 Å². The number of halogens is 3. The van der Waals surface area contributed by atoms with Gasteiger partial charge in [0.15, 0.2) is 11.4 Å². The standard InChI is InChI=1S/C24H28F3N7O3/c1-13(2)14-3-5-16(6-4-14)34-10-17(20(33-34)21(28)35)31-22(36)18-11-37-23(32-18)15-7-8-29-19(9-15)30-12-24(25,26)27/h7-11,13-14,16H,3-6,12H2,1-2H3,(H2,28,35)(H,29,30)(H,31,36). The molecule has 0 unspecified atom stereocenters. The van der Waals surface area contributed by atoms with Gasteiger partial charge in [-0.05, 0) is 49.7 Å². The number of nitrogens with two attached hydrogens (primary N) is 1. The summed E-state index contributed by atoms with van der Waals surface area (Å²) in [6, 6.07) is 2.90. The first-order chi connectivity index (χ1) is 17.5. The van der Waals surface area contributed by atoms with Gasteiger partial charge in [-0.15, -0.1) is 0 Å². The fourth-order valence-corrected chi connectivity index (χ4v) is 4.43. The van der Waals surface area contributed by atoms with Crippen LogP contribution in [0.25, 0.3) is 11.5 Å². The zero-order valence-corrected chi connectivity index (χ0v) is 20.4. The summed E-state index contributed by atoms with van der Waals surface area (Å²) in [5.41, 5.74) is 5.82. The largest absolute Gasteiger partial charge is 0.444 e. The van der Waals surface area contributed by atoms with Gasteiger partial charge in [0.1, 0.15) is 18.6 Å². The molecule has 10 nitrogen and oxygen atoms in total. The van der Waals surface area contributed by atoms with Crippen molar-refractivity contribution in [3.05, 3.63) is 42.2 Å². The summed E-state index contributed by atoms with van der Waals surface area (Å²) >= 11 is 0. The first-order valence-electron chi connectivity index (χ1n) is 11.9. The Labute approximate surface area is 210 Å². The zero-order chi connectivity index (χ0) is 26.7. The zero-order valence-electron chi connectivity index (χ0n) is 20.4. The molecule has 1 saturated carbocycles. The highest BCUT2D eigenvalue weighted by atomic mass is 19.4. The third-order valence-electron chi connectivity index (χ3n) is 6.49. The molecule has 4 rings (SSSR count). The lowest BCUT2D eigenvalue weighted by Crippen LogP contribution is -2.22. The van der Waals surface area contributed by atoms with Gasteiger partial charge in [0.05, 0.1) is 11.7 Å². The van der Waals surface area contributed by atoms with Crippen molar-refractivity contribution >= 4 is 23.3 Å². The summed E-state index contributed by atoms with van der Waals surface area (Å²) < 4.78 is 44.4. The molecule has 1 aliphatic rings. The lowest BCUT2D eigenvalue weighted by molar-refractivity contribution is -0.115. The average Bonchev–Trinajstić information content (AvgIpc) is 3.51. The highest BCUT2D eigenvalue weighted by molar-refractivity contribution is 6.07. The number of amides is 2. The number of anilines is 2. The van der Waals surface area contributed by atoms with Crippen LogP contribution in [0.5, 0.6) is 0 Å². The Kier molecular flexibility index (Phi) is 7.50. The minimum Gasteiger partial charge on any atom is -0.444 e. The topological polar surface area (TPSA) is 141 Å². The quantitative estimate of drug-likeness (QED) is 0.393. The second-order valence-corrected chi connectivity index (χ2v) is 9.44. The van der Waals surface area contributed by atoms with E-state index in [4.69, 9.17) is 10.2 Å². The van der Waals surface area contributed by atoms with Crippen molar-refractivity contribution in [2.75, 3.05) is 17.2 Å². The normalized spacial score (nSPS) is 18.1. The molecule has 0 atom stereocenters. The van der Waals surface area contributed by atoms with E-state index >= 15 is 0 Å². The van der Waals surface area contributed by atoms with Crippen molar-refractivity contribution < 1.29 is 27.2 Å². The van der Waals surface area contributed by atoms with E-state index in [0.29, 0.717) is 17.4 Å². The molecule has 0 bridgehead atoms. The van der Waals surface area contributed by atoms with E-state index in [0.717, 1.165) is 31.9 Å². The number of hydrogen-bond donors (Lipinski definition) is 3. The minimum atomic E-state index is -4.41. The molecule has 3 heterocycles. The molecule has 1 aliphatic carbocycles. The maximum absolute atomic E-state index is 12.8. The number of carbonyl (C=O) groups is 2. The van der Waals surface area contributed by atoms with E-state index in [1.807, 2.05) is 0 Å². The summed E-state index contributed by atoms with van der Waals surface area (Å²) in [5.74, 6) is -0.196. The molecule has 13 heteroatoms. The Hall–Kier alpha value is -3.90. The highest BCUT2D eigenvalue weighted by Crippen LogP contribution is 2.36. The number of oxazole rings is 1. The SMILES string of the molecule is CC(C)C1CCC(n2cc(NC(=O)c3coc(-c4ccnc(NCC(F)(F)F)c4)n3)c(C(N)=O)n2)CC1. The van der Waals surface area contributed by atoms with Crippen LogP contribution in [0.4, 0.5) is 24.7 Å². The predicted octanol–water partition coefficient (Wildman–Crippen LogP) is 4.65. The molecule has 3 aromatic rings. The van der Waals surface area contributed by atoms with Gasteiger partial charge in [-0.25, -0.2) is 9.97 Å². The van der Waals surface area contributed by atoms with Gasteiger partial charge in [0, 0.05) is 18.0 Å². The van der Waals surface area contributed by atoms with E-state index in [2.05, 4.69) is 39.5 Å². The fourth-order valence-electron chi connectivity index (χ4n) is 4.43. The van der Waals surface area contributed by atoms with Crippen molar-refractivity contribution in [1.82, 2.24) is 19.7 Å². The fraction of sp³-hybridized carbons (Fsp3) is 0.458. The molecular weight excluding hydrogens is 491 g/mol. The summed E-state index contributed by atoms with van der Waals surface area (Å²) in [7, 11) is 0. The third kappa shape index (κ3) is 6.46. The average molecular weight is 520 g/mol. The van der Waals surface area contributed by atoms with Crippen LogP contribution in [0.1, 0.15) is 66.5 Å². The van der Waals surface area contributed by atoms with Crippen LogP contribution < -0.4 is 16.4 Å². The van der Waals surface area contributed by atoms with Gasteiger partial charge < -0.3 is 20.8 Å². The first-order valence-corrected chi connectivity index (χ1v) is 11.9. The smallest absolute Gasteiger partial charge is 0.405 e. The van der Waals surface area contributed by atoms with Crippen LogP contribution in [0.2, 0.25) is 0 Å². The number of alkyl halides is 3. The first kappa shape index (κ1) is 26.2. The maximum Gasteiger partial charge on any atom is 0.405 e. The number of nitrogens with one attached hydrogen (secondary N) is 2. The highest BCUT2D eigenvalue weighted by Gasteiger charge is 2.28. The summed E-state index contributed by atoms with van der Waals surface area (Å²) in [5, 5.41) is 9.12. The van der Waals surface area contributed by atoms with Crippen LogP contribution in [-0.4, -0.2) is 44.3 Å². The summed E-state index contributed by atoms with van der Waals surface area (Å²) in [6.45, 7) is 3.18. The molecule has 3 aromatic heterocycles. The van der Waals surface area contributed by atoms with E-state index < -0.39 is 24.5 Å². The number of hydrogen-bond acceptors (Lipinski definition) is 7. The lowest BCUT2D eigenvalue weighted by Gasteiger charge is -2.30. The van der Waals surface area contributed by atoms with Gasteiger partial charge in [-0.2, -0.15) is 18.3 Å². The van der Waals surface area contributed by atoms with Gasteiger partial charge in [-0.1, -0.05) is 13.8 Å². The second kappa shape index (κ2) is 10.6. The molecule has 0 aliphatic heterocycles. The number of nitrogens with zero attached hydrogens (tertiary/aromatic N) is 4. The molecule has 0 radical (unpaired) electrons. The molecule has 2 amide bonds. The summed E-state index contributed by atoms with van der Waals surface area (Å²) in [4.78, 5) is 32.8. The monoisotopic (exact) mass is 519 g/mol. The molecule has 37 heavy (non-hydrogen) atoms. The Morgan fingerprint density at radius 1 is 1.24 bits per heavy atom. The Bertz CT molecular complexity index is 1260. The van der Waals surface area contributed by atoms with Crippen molar-refractivity contribution in [3.63, 3.8) is 0 Å². The van der Waals surface area contributed by atoms with Crippen molar-refractivity contribution in [1.29, 1.82) is 0 Å². The lowest BCUT2D eigenvalue weighted by atomic mass is 9.80. The number of carbonyl (C=O) groups excluding carboxylic acids is 2. The molecule has 1 fully saturated rings. The number of rotatable bonds is 8. The predicted molar refractivity (Wildman–Crippen MR) is 129 cm³/mol. The van der Waals surface area contributed by atoms with Crippen LogP contribution in [0.3, 0.4) is 0 Å². The Morgan fingerprint density at radius 3 is 2.62 bits per heavy atom. The van der Waals surface area contributed by atoms with Gasteiger partial charge >= 0.3 is 6.18 Å². The van der Waals surface area contributed by atoms with E-state index in [-0.39, 0.29) is 34.8 Å². The third-order valence-corrected chi connectivity index (χ3v) is 6.49.